The van der Waals surface area contributed by atoms with Gasteiger partial charge < -0.3 is 20.8 Å². The monoisotopic (exact) mass is 236 g/mol. The van der Waals surface area contributed by atoms with Gasteiger partial charge in [0, 0.05) is 12.2 Å². The fourth-order valence-electron chi connectivity index (χ4n) is 1.97. The number of anilines is 1. The summed E-state index contributed by atoms with van der Waals surface area (Å²) in [4.78, 5) is 12.0. The number of aliphatic hydroxyl groups excluding tert-OH is 2. The Morgan fingerprint density at radius 1 is 1.41 bits per heavy atom. The van der Waals surface area contributed by atoms with Crippen molar-refractivity contribution in [1.82, 2.24) is 5.32 Å². The molecule has 1 aromatic carbocycles. The van der Waals surface area contributed by atoms with E-state index in [9.17, 15) is 4.79 Å². The Kier molecular flexibility index (Phi) is 3.61. The average Bonchev–Trinajstić information content (AvgIpc) is 2.79. The number of fused-ring (bicyclic) bond motifs is 1. The molecule has 0 radical (unpaired) electrons. The third-order valence-corrected chi connectivity index (χ3v) is 2.94. The molecule has 0 fully saturated rings. The van der Waals surface area contributed by atoms with Gasteiger partial charge in [0.25, 0.3) is 0 Å². The summed E-state index contributed by atoms with van der Waals surface area (Å²) in [7, 11) is 0. The lowest BCUT2D eigenvalue weighted by molar-refractivity contribution is -0.123. The minimum absolute atomic E-state index is 0.171. The summed E-state index contributed by atoms with van der Waals surface area (Å²) in [6.07, 6.45) is 0. The van der Waals surface area contributed by atoms with E-state index in [-0.39, 0.29) is 25.0 Å². The van der Waals surface area contributed by atoms with Crippen molar-refractivity contribution in [2.75, 3.05) is 25.1 Å². The van der Waals surface area contributed by atoms with E-state index in [1.807, 2.05) is 24.3 Å². The molecule has 1 atom stereocenters. The lowest BCUT2D eigenvalue weighted by Gasteiger charge is -2.16. The minimum atomic E-state index is -0.588. The largest absolute Gasteiger partial charge is 0.394 e. The fraction of sp³-hybridized carbons (Fsp3) is 0.417. The second-order valence-electron chi connectivity index (χ2n) is 4.09. The van der Waals surface area contributed by atoms with E-state index in [0.29, 0.717) is 6.54 Å². The molecular weight excluding hydrogens is 220 g/mol. The van der Waals surface area contributed by atoms with Gasteiger partial charge in [-0.3, -0.25) is 4.79 Å². The Bertz CT molecular complexity index is 404. The summed E-state index contributed by atoms with van der Waals surface area (Å²) in [5.41, 5.74) is 1.93. The Labute approximate surface area is 99.5 Å². The lowest BCUT2D eigenvalue weighted by Crippen LogP contribution is -2.42. The summed E-state index contributed by atoms with van der Waals surface area (Å²) >= 11 is 0. The number of hydrogen-bond acceptors (Lipinski definition) is 4. The summed E-state index contributed by atoms with van der Waals surface area (Å²) < 4.78 is 0. The number of carbonyl (C=O) groups excluding carboxylic acids is 1. The SMILES string of the molecule is O=C(NC(CO)CO)C1CNc2ccccc21. The molecular formula is C12H16N2O3. The van der Waals surface area contributed by atoms with E-state index < -0.39 is 6.04 Å². The Morgan fingerprint density at radius 3 is 2.82 bits per heavy atom. The zero-order valence-corrected chi connectivity index (χ0v) is 9.39. The summed E-state index contributed by atoms with van der Waals surface area (Å²) in [6.45, 7) is 0.0306. The maximum atomic E-state index is 12.0. The average molecular weight is 236 g/mol. The van der Waals surface area contributed by atoms with Crippen LogP contribution in [0, 0.1) is 0 Å². The molecule has 1 aliphatic heterocycles. The molecule has 0 aliphatic carbocycles. The fourth-order valence-corrected chi connectivity index (χ4v) is 1.97. The molecule has 92 valence electrons. The zero-order chi connectivity index (χ0) is 12.3. The molecule has 1 heterocycles. The van der Waals surface area contributed by atoms with Crippen molar-refractivity contribution < 1.29 is 15.0 Å². The van der Waals surface area contributed by atoms with Crippen LogP contribution in [0.15, 0.2) is 24.3 Å². The first kappa shape index (κ1) is 11.9. The smallest absolute Gasteiger partial charge is 0.229 e. The molecule has 1 aromatic rings. The van der Waals surface area contributed by atoms with Crippen LogP contribution in [0.2, 0.25) is 0 Å². The molecule has 4 N–H and O–H groups in total. The van der Waals surface area contributed by atoms with Gasteiger partial charge in [0.15, 0.2) is 0 Å². The van der Waals surface area contributed by atoms with E-state index in [0.717, 1.165) is 11.3 Å². The van der Waals surface area contributed by atoms with Crippen molar-refractivity contribution in [2.45, 2.75) is 12.0 Å². The molecule has 0 saturated heterocycles. The van der Waals surface area contributed by atoms with E-state index in [1.165, 1.54) is 0 Å². The van der Waals surface area contributed by atoms with Gasteiger partial charge in [0.1, 0.15) is 0 Å². The third kappa shape index (κ3) is 2.40. The minimum Gasteiger partial charge on any atom is -0.394 e. The van der Waals surface area contributed by atoms with Gasteiger partial charge in [-0.25, -0.2) is 0 Å². The number of hydrogen-bond donors (Lipinski definition) is 4. The van der Waals surface area contributed by atoms with Crippen molar-refractivity contribution in [3.63, 3.8) is 0 Å². The third-order valence-electron chi connectivity index (χ3n) is 2.94. The van der Waals surface area contributed by atoms with E-state index >= 15 is 0 Å². The van der Waals surface area contributed by atoms with Crippen molar-refractivity contribution >= 4 is 11.6 Å². The van der Waals surface area contributed by atoms with Crippen LogP contribution in [0.5, 0.6) is 0 Å². The number of amides is 1. The summed E-state index contributed by atoms with van der Waals surface area (Å²) in [5.74, 6) is -0.428. The highest BCUT2D eigenvalue weighted by Crippen LogP contribution is 2.30. The van der Waals surface area contributed by atoms with E-state index in [4.69, 9.17) is 10.2 Å². The van der Waals surface area contributed by atoms with Crippen molar-refractivity contribution in [3.05, 3.63) is 29.8 Å². The predicted octanol–water partition coefficient (Wildman–Crippen LogP) is -0.335. The van der Waals surface area contributed by atoms with Gasteiger partial charge in [-0.05, 0) is 11.6 Å². The highest BCUT2D eigenvalue weighted by molar-refractivity contribution is 5.88. The van der Waals surface area contributed by atoms with Gasteiger partial charge in [0.2, 0.25) is 5.91 Å². The number of rotatable bonds is 4. The molecule has 0 spiro atoms. The van der Waals surface area contributed by atoms with Crippen LogP contribution in [0.25, 0.3) is 0 Å². The molecule has 1 aliphatic rings. The van der Waals surface area contributed by atoms with Crippen LogP contribution < -0.4 is 10.6 Å². The second kappa shape index (κ2) is 5.16. The topological polar surface area (TPSA) is 81.6 Å². The van der Waals surface area contributed by atoms with Crippen LogP contribution in [-0.4, -0.2) is 41.9 Å². The van der Waals surface area contributed by atoms with Crippen molar-refractivity contribution in [1.29, 1.82) is 0 Å². The van der Waals surface area contributed by atoms with Crippen LogP contribution in [-0.2, 0) is 4.79 Å². The van der Waals surface area contributed by atoms with Gasteiger partial charge in [0.05, 0.1) is 25.2 Å². The standard InChI is InChI=1S/C12H16N2O3/c15-6-8(7-16)14-12(17)10-5-13-11-4-2-1-3-9(10)11/h1-4,8,10,13,15-16H,5-7H2,(H,14,17). The maximum Gasteiger partial charge on any atom is 0.229 e. The normalized spacial score (nSPS) is 17.7. The lowest BCUT2D eigenvalue weighted by atomic mass is 10.0. The molecule has 2 rings (SSSR count). The molecule has 17 heavy (non-hydrogen) atoms. The molecule has 5 nitrogen and oxygen atoms in total. The highest BCUT2D eigenvalue weighted by atomic mass is 16.3. The summed E-state index contributed by atoms with van der Waals surface area (Å²) in [6, 6.07) is 7.05. The van der Waals surface area contributed by atoms with E-state index in [2.05, 4.69) is 10.6 Å². The number of benzene rings is 1. The molecule has 0 bridgehead atoms. The quantitative estimate of drug-likeness (QED) is 0.577. The number of nitrogens with one attached hydrogen (secondary N) is 2. The first-order valence-electron chi connectivity index (χ1n) is 5.61. The molecule has 5 heteroatoms. The van der Waals surface area contributed by atoms with E-state index in [1.54, 1.807) is 0 Å². The number of aliphatic hydroxyl groups is 2. The Hall–Kier alpha value is -1.59. The Balaban J connectivity index is 2.07. The van der Waals surface area contributed by atoms with Crippen molar-refractivity contribution in [3.8, 4) is 0 Å². The van der Waals surface area contributed by atoms with Crippen LogP contribution in [0.4, 0.5) is 5.69 Å². The first-order chi connectivity index (χ1) is 8.26. The Morgan fingerprint density at radius 2 is 2.12 bits per heavy atom. The predicted molar refractivity (Wildman–Crippen MR) is 63.8 cm³/mol. The van der Waals surface area contributed by atoms with Gasteiger partial charge >= 0.3 is 0 Å². The highest BCUT2D eigenvalue weighted by Gasteiger charge is 2.29. The van der Waals surface area contributed by atoms with Crippen molar-refractivity contribution in [2.24, 2.45) is 0 Å². The molecule has 0 aromatic heterocycles. The number of para-hydroxylation sites is 1. The number of carbonyl (C=O) groups is 1. The second-order valence-corrected chi connectivity index (χ2v) is 4.09. The van der Waals surface area contributed by atoms with Gasteiger partial charge in [-0.15, -0.1) is 0 Å². The van der Waals surface area contributed by atoms with Crippen LogP contribution in [0.1, 0.15) is 11.5 Å². The van der Waals surface area contributed by atoms with Crippen LogP contribution >= 0.6 is 0 Å². The first-order valence-corrected chi connectivity index (χ1v) is 5.61. The van der Waals surface area contributed by atoms with Gasteiger partial charge in [-0.2, -0.15) is 0 Å². The molecule has 0 saturated carbocycles. The maximum absolute atomic E-state index is 12.0. The zero-order valence-electron chi connectivity index (χ0n) is 9.39. The van der Waals surface area contributed by atoms with Crippen LogP contribution in [0.3, 0.4) is 0 Å². The summed E-state index contributed by atoms with van der Waals surface area (Å²) in [5, 5.41) is 23.6. The molecule has 1 unspecified atom stereocenters. The molecule has 1 amide bonds. The van der Waals surface area contributed by atoms with Gasteiger partial charge in [-0.1, -0.05) is 18.2 Å².